The molecule has 0 amide bonds. The van der Waals surface area contributed by atoms with E-state index >= 15 is 0 Å². The lowest BCUT2D eigenvalue weighted by Crippen LogP contribution is -2.30. The largest absolute Gasteiger partial charge is 0.310 e. The van der Waals surface area contributed by atoms with Crippen molar-refractivity contribution in [3.05, 3.63) is 132 Å². The van der Waals surface area contributed by atoms with Crippen LogP contribution in [-0.2, 0) is 5.41 Å². The van der Waals surface area contributed by atoms with Crippen LogP contribution in [0.15, 0.2) is 115 Å². The summed E-state index contributed by atoms with van der Waals surface area (Å²) in [5, 5.41) is 9.08. The fraction of sp³-hybridized carbons (Fsp3) is 0.0909. The smallest absolute Gasteiger partial charge is 0.101 e. The van der Waals surface area contributed by atoms with Gasteiger partial charge in [-0.2, -0.15) is 5.26 Å². The zero-order valence-corrected chi connectivity index (χ0v) is 20.3. The first-order chi connectivity index (χ1) is 17.6. The predicted octanol–water partition coefficient (Wildman–Crippen LogP) is 8.40. The highest BCUT2D eigenvalue weighted by Gasteiger charge is 2.36. The van der Waals surface area contributed by atoms with Gasteiger partial charge in [-0.25, -0.2) is 0 Å². The number of hydrogen-bond acceptors (Lipinski definition) is 3. The van der Waals surface area contributed by atoms with Crippen molar-refractivity contribution < 1.29 is 0 Å². The Morgan fingerprint density at radius 2 is 1.28 bits per heavy atom. The second-order valence-electron chi connectivity index (χ2n) is 9.67. The second kappa shape index (κ2) is 8.52. The van der Waals surface area contributed by atoms with Crippen molar-refractivity contribution >= 4 is 17.1 Å². The van der Waals surface area contributed by atoms with Gasteiger partial charge < -0.3 is 4.90 Å². The van der Waals surface area contributed by atoms with Crippen molar-refractivity contribution in [2.45, 2.75) is 19.3 Å². The molecule has 36 heavy (non-hydrogen) atoms. The van der Waals surface area contributed by atoms with E-state index in [2.05, 4.69) is 127 Å². The van der Waals surface area contributed by atoms with Gasteiger partial charge in [0.25, 0.3) is 0 Å². The van der Waals surface area contributed by atoms with Crippen LogP contribution in [0.2, 0.25) is 0 Å². The minimum atomic E-state index is -0.0796. The molecule has 6 rings (SSSR count). The number of hydrogen-bond donors (Lipinski definition) is 0. The molecular formula is C33H25N3. The van der Waals surface area contributed by atoms with Gasteiger partial charge in [-0.05, 0) is 64.7 Å². The van der Waals surface area contributed by atoms with Crippen LogP contribution in [0.4, 0.5) is 17.1 Å². The molecule has 0 saturated carbocycles. The van der Waals surface area contributed by atoms with E-state index in [9.17, 15) is 0 Å². The molecule has 0 bridgehead atoms. The van der Waals surface area contributed by atoms with Crippen molar-refractivity contribution in [2.75, 3.05) is 4.90 Å². The third kappa shape index (κ3) is 3.56. The van der Waals surface area contributed by atoms with Crippen LogP contribution >= 0.6 is 0 Å². The van der Waals surface area contributed by atoms with Crippen molar-refractivity contribution in [3.8, 4) is 28.5 Å². The highest BCUT2D eigenvalue weighted by Crippen LogP contribution is 2.51. The van der Waals surface area contributed by atoms with E-state index in [1.165, 1.54) is 22.5 Å². The van der Waals surface area contributed by atoms with Gasteiger partial charge in [-0.15, -0.1) is 0 Å². The standard InChI is InChI=1S/C33H25N3/c1-33(2)28-13-3-5-15-31(28)36(32-16-6-4-14-29(32)33)27-12-8-10-25(20-27)24-9-7-11-26(19-24)30-18-17-23(21-34)22-35-30/h3-20,22H,1-2H3. The summed E-state index contributed by atoms with van der Waals surface area (Å²) >= 11 is 0. The molecule has 3 heteroatoms. The van der Waals surface area contributed by atoms with E-state index in [4.69, 9.17) is 5.26 Å². The number of nitrogens with zero attached hydrogens (tertiary/aromatic N) is 3. The van der Waals surface area contributed by atoms with Crippen LogP contribution in [-0.4, -0.2) is 4.98 Å². The van der Waals surface area contributed by atoms with E-state index in [0.29, 0.717) is 5.56 Å². The van der Waals surface area contributed by atoms with Crippen LogP contribution in [0.3, 0.4) is 0 Å². The van der Waals surface area contributed by atoms with E-state index in [-0.39, 0.29) is 5.41 Å². The van der Waals surface area contributed by atoms with Gasteiger partial charge in [0.1, 0.15) is 6.07 Å². The fourth-order valence-corrected chi connectivity index (χ4v) is 5.26. The molecule has 2 heterocycles. The molecule has 5 aromatic rings. The summed E-state index contributed by atoms with van der Waals surface area (Å²) < 4.78 is 0. The molecule has 0 saturated heterocycles. The van der Waals surface area contributed by atoms with E-state index in [1.807, 2.05) is 12.1 Å². The number of para-hydroxylation sites is 2. The number of rotatable bonds is 3. The zero-order chi connectivity index (χ0) is 24.7. The summed E-state index contributed by atoms with van der Waals surface area (Å²) in [6.07, 6.45) is 1.62. The quantitative estimate of drug-likeness (QED) is 0.270. The Kier molecular flexibility index (Phi) is 5.16. The molecule has 1 aliphatic heterocycles. The third-order valence-corrected chi connectivity index (χ3v) is 7.13. The van der Waals surface area contributed by atoms with Crippen LogP contribution in [0.25, 0.3) is 22.4 Å². The van der Waals surface area contributed by atoms with Gasteiger partial charge in [0.2, 0.25) is 0 Å². The molecule has 0 spiro atoms. The first kappa shape index (κ1) is 21.8. The average Bonchev–Trinajstić information content (AvgIpc) is 2.94. The molecule has 0 unspecified atom stereocenters. The average molecular weight is 464 g/mol. The molecule has 3 nitrogen and oxygen atoms in total. The molecule has 0 atom stereocenters. The lowest BCUT2D eigenvalue weighted by Gasteiger charge is -2.42. The molecule has 1 aliphatic rings. The molecule has 0 N–H and O–H groups in total. The lowest BCUT2D eigenvalue weighted by atomic mass is 9.73. The third-order valence-electron chi connectivity index (χ3n) is 7.13. The molecular weight excluding hydrogens is 438 g/mol. The van der Waals surface area contributed by atoms with Crippen molar-refractivity contribution in [1.82, 2.24) is 4.98 Å². The van der Waals surface area contributed by atoms with Gasteiger partial charge in [-0.3, -0.25) is 4.98 Å². The number of nitriles is 1. The summed E-state index contributed by atoms with van der Waals surface area (Å²) in [6.45, 7) is 4.61. The zero-order valence-electron chi connectivity index (χ0n) is 20.3. The van der Waals surface area contributed by atoms with Gasteiger partial charge in [-0.1, -0.05) is 80.6 Å². The first-order valence-electron chi connectivity index (χ1n) is 12.1. The summed E-state index contributed by atoms with van der Waals surface area (Å²) in [6, 6.07) is 40.4. The fourth-order valence-electron chi connectivity index (χ4n) is 5.26. The molecule has 0 fully saturated rings. The molecule has 0 radical (unpaired) electrons. The Bertz CT molecular complexity index is 1570. The van der Waals surface area contributed by atoms with Crippen LogP contribution in [0, 0.1) is 11.3 Å². The first-order valence-corrected chi connectivity index (χ1v) is 12.1. The minimum absolute atomic E-state index is 0.0796. The summed E-state index contributed by atoms with van der Waals surface area (Å²) in [4.78, 5) is 6.86. The van der Waals surface area contributed by atoms with Gasteiger partial charge in [0.05, 0.1) is 22.6 Å². The molecule has 172 valence electrons. The summed E-state index contributed by atoms with van der Waals surface area (Å²) in [5.74, 6) is 0. The number of fused-ring (bicyclic) bond motifs is 2. The second-order valence-corrected chi connectivity index (χ2v) is 9.67. The number of aromatic nitrogens is 1. The molecule has 1 aromatic heterocycles. The van der Waals surface area contributed by atoms with Gasteiger partial charge in [0, 0.05) is 22.9 Å². The molecule has 0 aliphatic carbocycles. The van der Waals surface area contributed by atoms with E-state index in [1.54, 1.807) is 6.20 Å². The highest BCUT2D eigenvalue weighted by molar-refractivity contribution is 5.87. The topological polar surface area (TPSA) is 39.9 Å². The Hall–Kier alpha value is -4.68. The normalized spacial score (nSPS) is 13.4. The maximum absolute atomic E-state index is 9.08. The van der Waals surface area contributed by atoms with E-state index < -0.39 is 0 Å². The van der Waals surface area contributed by atoms with Crippen molar-refractivity contribution in [3.63, 3.8) is 0 Å². The SMILES string of the molecule is CC1(C)c2ccccc2N(c2cccc(-c3cccc(-c4ccc(C#N)cn4)c3)c2)c2ccccc21. The lowest BCUT2D eigenvalue weighted by molar-refractivity contribution is 0.632. The number of pyridine rings is 1. The Balaban J connectivity index is 1.46. The van der Waals surface area contributed by atoms with Crippen LogP contribution in [0.1, 0.15) is 30.5 Å². The van der Waals surface area contributed by atoms with Crippen LogP contribution in [0.5, 0.6) is 0 Å². The van der Waals surface area contributed by atoms with Gasteiger partial charge in [0.15, 0.2) is 0 Å². The van der Waals surface area contributed by atoms with E-state index in [0.717, 1.165) is 28.1 Å². The number of anilines is 3. The summed E-state index contributed by atoms with van der Waals surface area (Å²) in [7, 11) is 0. The van der Waals surface area contributed by atoms with Gasteiger partial charge >= 0.3 is 0 Å². The van der Waals surface area contributed by atoms with Crippen LogP contribution < -0.4 is 4.90 Å². The highest BCUT2D eigenvalue weighted by atomic mass is 15.2. The minimum Gasteiger partial charge on any atom is -0.310 e. The maximum Gasteiger partial charge on any atom is 0.101 e. The van der Waals surface area contributed by atoms with Crippen molar-refractivity contribution in [2.24, 2.45) is 0 Å². The molecule has 4 aromatic carbocycles. The Morgan fingerprint density at radius 3 is 1.92 bits per heavy atom. The Labute approximate surface area is 211 Å². The Morgan fingerprint density at radius 1 is 0.667 bits per heavy atom. The van der Waals surface area contributed by atoms with Crippen molar-refractivity contribution in [1.29, 1.82) is 5.26 Å². The summed E-state index contributed by atoms with van der Waals surface area (Å²) in [5.41, 5.74) is 10.8. The monoisotopic (exact) mass is 463 g/mol. The number of benzene rings is 4. The maximum atomic E-state index is 9.08. The predicted molar refractivity (Wildman–Crippen MR) is 147 cm³/mol.